The minimum atomic E-state index is -3.66. The van der Waals surface area contributed by atoms with Gasteiger partial charge in [-0.15, -0.1) is 22.7 Å². The maximum Gasteiger partial charge on any atom is 0.267 e. The smallest absolute Gasteiger partial charge is 0.267 e. The Balaban J connectivity index is 0.873. The first-order valence-corrected chi connectivity index (χ1v) is 17.0. The Hall–Kier alpha value is -3.45. The fourth-order valence-corrected chi connectivity index (χ4v) is 6.64. The van der Waals surface area contributed by atoms with Crippen molar-refractivity contribution < 1.29 is 41.0 Å². The summed E-state index contributed by atoms with van der Waals surface area (Å²) in [6.07, 6.45) is 0.450. The van der Waals surface area contributed by atoms with Crippen molar-refractivity contribution in [3.05, 3.63) is 81.2 Å². The molecule has 42 heavy (non-hydrogen) atoms. The number of rotatable bonds is 13. The molecule has 2 aliphatic heterocycles. The standard InChI is InChI=1S/C30H30O9S3/c31-42(32,12-10-22-3-7-24(8-4-22)34-14-26-16-36-28-18-41-20-30(28)39-26)37-11-9-21-1-5-23(6-2-21)33-13-25-15-35-27-17-40-19-29(27)38-25/h1-8,17-20,25-26H,9-16H2. The summed E-state index contributed by atoms with van der Waals surface area (Å²) >= 11 is 3.07. The molecule has 9 nitrogen and oxygen atoms in total. The molecule has 4 aromatic rings. The Morgan fingerprint density at radius 3 is 1.67 bits per heavy atom. The lowest BCUT2D eigenvalue weighted by atomic mass is 10.1. The lowest BCUT2D eigenvalue weighted by Crippen LogP contribution is -2.34. The lowest BCUT2D eigenvalue weighted by molar-refractivity contribution is 0.0546. The Bertz CT molecular complexity index is 1550. The summed E-state index contributed by atoms with van der Waals surface area (Å²) in [6.45, 7) is 1.67. The highest BCUT2D eigenvalue weighted by Crippen LogP contribution is 2.36. The topological polar surface area (TPSA) is 98.8 Å². The van der Waals surface area contributed by atoms with E-state index in [1.165, 1.54) is 22.7 Å². The van der Waals surface area contributed by atoms with E-state index in [1.54, 1.807) is 0 Å². The second-order valence-electron chi connectivity index (χ2n) is 9.80. The van der Waals surface area contributed by atoms with Gasteiger partial charge in [0, 0.05) is 21.5 Å². The zero-order valence-electron chi connectivity index (χ0n) is 22.6. The molecule has 2 aliphatic rings. The first-order chi connectivity index (χ1) is 20.5. The molecular formula is C30H30O9S3. The molecule has 0 N–H and O–H groups in total. The van der Waals surface area contributed by atoms with Crippen LogP contribution in [-0.4, -0.2) is 59.4 Å². The second kappa shape index (κ2) is 13.2. The van der Waals surface area contributed by atoms with E-state index in [0.29, 0.717) is 50.8 Å². The van der Waals surface area contributed by atoms with Gasteiger partial charge in [0.25, 0.3) is 10.1 Å². The Labute approximate surface area is 252 Å². The van der Waals surface area contributed by atoms with Gasteiger partial charge in [-0.2, -0.15) is 8.42 Å². The summed E-state index contributed by atoms with van der Waals surface area (Å²) in [5.74, 6) is 4.34. The van der Waals surface area contributed by atoms with Crippen LogP contribution in [0.2, 0.25) is 0 Å². The number of ether oxygens (including phenoxy) is 6. The van der Waals surface area contributed by atoms with Crippen molar-refractivity contribution in [1.82, 2.24) is 0 Å². The van der Waals surface area contributed by atoms with Gasteiger partial charge in [-0.25, -0.2) is 0 Å². The Morgan fingerprint density at radius 2 is 1.14 bits per heavy atom. The number of aryl methyl sites for hydroxylation is 1. The second-order valence-corrected chi connectivity index (χ2v) is 13.0. The van der Waals surface area contributed by atoms with E-state index >= 15 is 0 Å². The van der Waals surface area contributed by atoms with Crippen molar-refractivity contribution >= 4 is 32.8 Å². The van der Waals surface area contributed by atoms with E-state index in [4.69, 9.17) is 32.6 Å². The third-order valence-corrected chi connectivity index (χ3v) is 9.27. The average molecular weight is 631 g/mol. The van der Waals surface area contributed by atoms with Crippen molar-refractivity contribution in [3.8, 4) is 34.5 Å². The van der Waals surface area contributed by atoms with Crippen molar-refractivity contribution in [1.29, 1.82) is 0 Å². The van der Waals surface area contributed by atoms with Crippen LogP contribution in [0.25, 0.3) is 0 Å². The van der Waals surface area contributed by atoms with E-state index in [-0.39, 0.29) is 24.6 Å². The molecule has 2 atom stereocenters. The van der Waals surface area contributed by atoms with Crippen molar-refractivity contribution in [2.24, 2.45) is 0 Å². The van der Waals surface area contributed by atoms with Gasteiger partial charge in [0.2, 0.25) is 0 Å². The minimum absolute atomic E-state index is 0.0748. The van der Waals surface area contributed by atoms with E-state index in [1.807, 2.05) is 70.1 Å². The fraction of sp³-hybridized carbons (Fsp3) is 0.333. The van der Waals surface area contributed by atoms with Crippen LogP contribution in [0, 0.1) is 0 Å². The van der Waals surface area contributed by atoms with Crippen molar-refractivity contribution in [2.75, 3.05) is 38.8 Å². The van der Waals surface area contributed by atoms with Gasteiger partial charge in [-0.05, 0) is 48.2 Å². The minimum Gasteiger partial charge on any atom is -0.490 e. The predicted octanol–water partition coefficient (Wildman–Crippen LogP) is 5.38. The van der Waals surface area contributed by atoms with Gasteiger partial charge < -0.3 is 28.4 Å². The highest BCUT2D eigenvalue weighted by Gasteiger charge is 2.23. The predicted molar refractivity (Wildman–Crippen MR) is 159 cm³/mol. The van der Waals surface area contributed by atoms with Crippen LogP contribution in [-0.2, 0) is 27.1 Å². The quantitative estimate of drug-likeness (QED) is 0.180. The molecule has 0 saturated carbocycles. The first kappa shape index (κ1) is 28.7. The third kappa shape index (κ3) is 7.68. The van der Waals surface area contributed by atoms with Crippen LogP contribution in [0.3, 0.4) is 0 Å². The summed E-state index contributed by atoms with van der Waals surface area (Å²) in [4.78, 5) is 0. The largest absolute Gasteiger partial charge is 0.490 e. The molecular weight excluding hydrogens is 601 g/mol. The molecule has 0 radical (unpaired) electrons. The van der Waals surface area contributed by atoms with Gasteiger partial charge >= 0.3 is 0 Å². The normalized spacial score (nSPS) is 17.5. The summed E-state index contributed by atoms with van der Waals surface area (Å²) in [5.41, 5.74) is 1.83. The maximum absolute atomic E-state index is 12.4. The SMILES string of the molecule is O=S(=O)(CCc1ccc(OCC2COc3cscc3O2)cc1)OCCc1ccc(OCC2COc3cscc3O2)cc1. The van der Waals surface area contributed by atoms with Crippen LogP contribution in [0.1, 0.15) is 11.1 Å². The summed E-state index contributed by atoms with van der Waals surface area (Å²) in [5, 5.41) is 7.65. The zero-order valence-corrected chi connectivity index (χ0v) is 25.1. The fourth-order valence-electron chi connectivity index (χ4n) is 4.36. The van der Waals surface area contributed by atoms with Gasteiger partial charge in [-0.3, -0.25) is 4.18 Å². The molecule has 2 aromatic heterocycles. The molecule has 0 fully saturated rings. The van der Waals surface area contributed by atoms with Gasteiger partial charge in [0.1, 0.15) is 37.9 Å². The highest BCUT2D eigenvalue weighted by atomic mass is 32.2. The molecule has 12 heteroatoms. The monoisotopic (exact) mass is 630 g/mol. The van der Waals surface area contributed by atoms with Crippen LogP contribution < -0.4 is 28.4 Å². The van der Waals surface area contributed by atoms with Crippen LogP contribution in [0.5, 0.6) is 34.5 Å². The zero-order chi connectivity index (χ0) is 28.8. The number of hydrogen-bond acceptors (Lipinski definition) is 11. The average Bonchev–Trinajstić information content (AvgIpc) is 3.68. The van der Waals surface area contributed by atoms with Gasteiger partial charge in [0.15, 0.2) is 35.2 Å². The highest BCUT2D eigenvalue weighted by molar-refractivity contribution is 7.86. The Kier molecular flexibility index (Phi) is 9.04. The Morgan fingerprint density at radius 1 is 0.667 bits per heavy atom. The van der Waals surface area contributed by atoms with Crippen LogP contribution >= 0.6 is 22.7 Å². The first-order valence-electron chi connectivity index (χ1n) is 13.5. The molecule has 0 bridgehead atoms. The van der Waals surface area contributed by atoms with E-state index < -0.39 is 10.1 Å². The number of thiophene rings is 2. The number of fused-ring (bicyclic) bond motifs is 2. The van der Waals surface area contributed by atoms with E-state index in [2.05, 4.69) is 0 Å². The molecule has 0 saturated heterocycles. The summed E-state index contributed by atoms with van der Waals surface area (Å²) in [7, 11) is -3.66. The molecule has 222 valence electrons. The molecule has 0 aliphatic carbocycles. The lowest BCUT2D eigenvalue weighted by Gasteiger charge is -2.24. The van der Waals surface area contributed by atoms with Crippen LogP contribution in [0.4, 0.5) is 0 Å². The van der Waals surface area contributed by atoms with Gasteiger partial charge in [0.05, 0.1) is 12.4 Å². The molecule has 4 heterocycles. The third-order valence-electron chi connectivity index (χ3n) is 6.64. The summed E-state index contributed by atoms with van der Waals surface area (Å²) in [6, 6.07) is 14.9. The summed E-state index contributed by atoms with van der Waals surface area (Å²) < 4.78 is 64.9. The molecule has 2 aromatic carbocycles. The maximum atomic E-state index is 12.4. The van der Waals surface area contributed by atoms with Gasteiger partial charge in [-0.1, -0.05) is 24.3 Å². The number of hydrogen-bond donors (Lipinski definition) is 0. The van der Waals surface area contributed by atoms with E-state index in [9.17, 15) is 8.42 Å². The van der Waals surface area contributed by atoms with Crippen molar-refractivity contribution in [2.45, 2.75) is 25.0 Å². The molecule has 6 rings (SSSR count). The number of benzene rings is 2. The molecule has 0 amide bonds. The molecule has 0 spiro atoms. The van der Waals surface area contributed by atoms with Crippen LogP contribution in [0.15, 0.2) is 70.1 Å². The van der Waals surface area contributed by atoms with Crippen molar-refractivity contribution in [3.63, 3.8) is 0 Å². The van der Waals surface area contributed by atoms with E-state index in [0.717, 1.165) is 34.1 Å². The molecule has 2 unspecified atom stereocenters.